The number of hydrazone groups is 1. The van der Waals surface area contributed by atoms with Crippen LogP contribution in [0, 0.1) is 0 Å². The predicted octanol–water partition coefficient (Wildman–Crippen LogP) is 3.62. The van der Waals surface area contributed by atoms with Crippen LogP contribution in [0.3, 0.4) is 0 Å². The normalized spacial score (nSPS) is 14.5. The van der Waals surface area contributed by atoms with E-state index < -0.39 is 0 Å². The summed E-state index contributed by atoms with van der Waals surface area (Å²) < 4.78 is 0. The monoisotopic (exact) mass is 296 g/mol. The molecule has 3 nitrogen and oxygen atoms in total. The molecule has 1 amide bonds. The van der Waals surface area contributed by atoms with E-state index in [2.05, 4.69) is 10.5 Å². The maximum atomic E-state index is 11.6. The molecule has 19 heavy (non-hydrogen) atoms. The number of halogens is 1. The quantitative estimate of drug-likeness (QED) is 0.843. The van der Waals surface area contributed by atoms with Gasteiger partial charge in [-0.3, -0.25) is 4.79 Å². The maximum absolute atomic E-state index is 11.6. The molecular formula is C14H17ClN2OS. The van der Waals surface area contributed by atoms with Crippen molar-refractivity contribution in [3.63, 3.8) is 0 Å². The molecule has 0 aliphatic heterocycles. The minimum absolute atomic E-state index is 0.0357. The molecule has 0 heterocycles. The van der Waals surface area contributed by atoms with Crippen LogP contribution in [0.5, 0.6) is 0 Å². The van der Waals surface area contributed by atoms with E-state index in [4.69, 9.17) is 11.6 Å². The van der Waals surface area contributed by atoms with Gasteiger partial charge in [0.05, 0.1) is 5.75 Å². The van der Waals surface area contributed by atoms with E-state index in [1.54, 1.807) is 11.8 Å². The number of carbonyl (C=O) groups excluding carboxylic acids is 1. The summed E-state index contributed by atoms with van der Waals surface area (Å²) in [4.78, 5) is 11.6. The number of carbonyl (C=O) groups is 1. The second-order valence-electron chi connectivity index (χ2n) is 4.54. The van der Waals surface area contributed by atoms with Gasteiger partial charge in [-0.15, -0.1) is 11.8 Å². The summed E-state index contributed by atoms with van der Waals surface area (Å²) >= 11 is 7.47. The minimum atomic E-state index is -0.0357. The second-order valence-corrected chi connectivity index (χ2v) is 5.96. The fraction of sp³-hybridized carbons (Fsp3) is 0.429. The Hall–Kier alpha value is -1.00. The minimum Gasteiger partial charge on any atom is -0.272 e. The highest BCUT2D eigenvalue weighted by molar-refractivity contribution is 7.99. The third-order valence-electron chi connectivity index (χ3n) is 2.91. The molecule has 1 fully saturated rings. The van der Waals surface area contributed by atoms with Crippen LogP contribution in [-0.4, -0.2) is 17.4 Å². The Labute approximate surface area is 122 Å². The lowest BCUT2D eigenvalue weighted by Gasteiger charge is -2.03. The van der Waals surface area contributed by atoms with E-state index in [0.29, 0.717) is 5.75 Å². The van der Waals surface area contributed by atoms with Crippen LogP contribution in [0.25, 0.3) is 0 Å². The van der Waals surface area contributed by atoms with Gasteiger partial charge in [0.2, 0.25) is 5.91 Å². The van der Waals surface area contributed by atoms with Crippen molar-refractivity contribution in [1.82, 2.24) is 5.43 Å². The van der Waals surface area contributed by atoms with Gasteiger partial charge in [0.25, 0.3) is 0 Å². The van der Waals surface area contributed by atoms with Crippen LogP contribution in [-0.2, 0) is 10.5 Å². The predicted molar refractivity (Wildman–Crippen MR) is 81.7 cm³/mol. The van der Waals surface area contributed by atoms with Crippen molar-refractivity contribution in [3.8, 4) is 0 Å². The Morgan fingerprint density at radius 2 is 2.16 bits per heavy atom. The number of hydrogen-bond acceptors (Lipinski definition) is 3. The number of amides is 1. The van der Waals surface area contributed by atoms with E-state index in [1.807, 2.05) is 24.3 Å². The lowest BCUT2D eigenvalue weighted by Crippen LogP contribution is -2.21. The molecule has 1 aromatic rings. The standard InChI is InChI=1S/C14H17ClN2OS/c15-12-5-3-4-11(8-12)9-19-10-14(18)17-16-13-6-1-2-7-13/h3-5,8H,1-2,6-7,9-10H2,(H,17,18). The number of benzene rings is 1. The first-order valence-electron chi connectivity index (χ1n) is 6.40. The molecule has 0 bridgehead atoms. The molecular weight excluding hydrogens is 280 g/mol. The summed E-state index contributed by atoms with van der Waals surface area (Å²) in [7, 11) is 0. The molecule has 1 aliphatic rings. The Morgan fingerprint density at radius 1 is 1.37 bits per heavy atom. The molecule has 102 valence electrons. The van der Waals surface area contributed by atoms with Crippen LogP contribution >= 0.6 is 23.4 Å². The fourth-order valence-electron chi connectivity index (χ4n) is 1.96. The second kappa shape index (κ2) is 7.56. The molecule has 0 atom stereocenters. The number of thioether (sulfide) groups is 1. The molecule has 0 unspecified atom stereocenters. The summed E-state index contributed by atoms with van der Waals surface area (Å²) in [6, 6.07) is 7.70. The zero-order chi connectivity index (χ0) is 13.5. The average molecular weight is 297 g/mol. The van der Waals surface area contributed by atoms with Gasteiger partial charge < -0.3 is 0 Å². The summed E-state index contributed by atoms with van der Waals surface area (Å²) in [5.41, 5.74) is 4.87. The lowest BCUT2D eigenvalue weighted by atomic mass is 10.2. The summed E-state index contributed by atoms with van der Waals surface area (Å²) in [6.45, 7) is 0. The van der Waals surface area contributed by atoms with Gasteiger partial charge in [0, 0.05) is 16.5 Å². The molecule has 0 radical (unpaired) electrons. The number of rotatable bonds is 5. The Morgan fingerprint density at radius 3 is 2.89 bits per heavy atom. The fourth-order valence-corrected chi connectivity index (χ4v) is 2.94. The molecule has 1 N–H and O–H groups in total. The van der Waals surface area contributed by atoms with Crippen molar-refractivity contribution in [2.45, 2.75) is 31.4 Å². The highest BCUT2D eigenvalue weighted by atomic mass is 35.5. The highest BCUT2D eigenvalue weighted by Crippen LogP contribution is 2.16. The molecule has 0 aromatic heterocycles. The van der Waals surface area contributed by atoms with Crippen LogP contribution in [0.1, 0.15) is 31.2 Å². The number of nitrogens with zero attached hydrogens (tertiary/aromatic N) is 1. The Balaban J connectivity index is 1.67. The third-order valence-corrected chi connectivity index (χ3v) is 4.15. The van der Waals surface area contributed by atoms with Gasteiger partial charge in [-0.2, -0.15) is 5.10 Å². The van der Waals surface area contributed by atoms with E-state index >= 15 is 0 Å². The first-order valence-corrected chi connectivity index (χ1v) is 7.94. The zero-order valence-corrected chi connectivity index (χ0v) is 12.3. The highest BCUT2D eigenvalue weighted by Gasteiger charge is 2.08. The third kappa shape index (κ3) is 5.25. The van der Waals surface area contributed by atoms with Gasteiger partial charge >= 0.3 is 0 Å². The first kappa shape index (κ1) is 14.4. The lowest BCUT2D eigenvalue weighted by molar-refractivity contribution is -0.118. The molecule has 1 aromatic carbocycles. The van der Waals surface area contributed by atoms with E-state index in [-0.39, 0.29) is 5.91 Å². The molecule has 1 aliphatic carbocycles. The SMILES string of the molecule is O=C(CSCc1cccc(Cl)c1)NN=C1CCCC1. The van der Waals surface area contributed by atoms with Crippen molar-refractivity contribution in [2.24, 2.45) is 5.10 Å². The topological polar surface area (TPSA) is 41.5 Å². The van der Waals surface area contributed by atoms with Crippen molar-refractivity contribution in [2.75, 3.05) is 5.75 Å². The molecule has 2 rings (SSSR count). The largest absolute Gasteiger partial charge is 0.272 e. The van der Waals surface area contributed by atoms with Gasteiger partial charge in [0.1, 0.15) is 0 Å². The van der Waals surface area contributed by atoms with Gasteiger partial charge in [0.15, 0.2) is 0 Å². The van der Waals surface area contributed by atoms with Crippen LogP contribution < -0.4 is 5.43 Å². The number of nitrogens with one attached hydrogen (secondary N) is 1. The number of hydrogen-bond donors (Lipinski definition) is 1. The van der Waals surface area contributed by atoms with Gasteiger partial charge in [-0.25, -0.2) is 5.43 Å². The summed E-state index contributed by atoms with van der Waals surface area (Å²) in [6.07, 6.45) is 4.43. The Bertz CT molecular complexity index is 468. The van der Waals surface area contributed by atoms with Crippen molar-refractivity contribution in [3.05, 3.63) is 34.9 Å². The van der Waals surface area contributed by atoms with Gasteiger partial charge in [-0.05, 0) is 43.4 Å². The zero-order valence-electron chi connectivity index (χ0n) is 10.7. The maximum Gasteiger partial charge on any atom is 0.250 e. The van der Waals surface area contributed by atoms with Gasteiger partial charge in [-0.1, -0.05) is 23.7 Å². The first-order chi connectivity index (χ1) is 9.24. The molecule has 0 saturated heterocycles. The van der Waals surface area contributed by atoms with E-state index in [9.17, 15) is 4.79 Å². The van der Waals surface area contributed by atoms with Crippen molar-refractivity contribution in [1.29, 1.82) is 0 Å². The molecule has 1 saturated carbocycles. The average Bonchev–Trinajstić information content (AvgIpc) is 2.89. The summed E-state index contributed by atoms with van der Waals surface area (Å²) in [5, 5.41) is 4.88. The van der Waals surface area contributed by atoms with E-state index in [1.165, 1.54) is 12.8 Å². The Kier molecular flexibility index (Phi) is 5.73. The van der Waals surface area contributed by atoms with Crippen LogP contribution in [0.4, 0.5) is 0 Å². The molecule has 0 spiro atoms. The van der Waals surface area contributed by atoms with Crippen LogP contribution in [0.15, 0.2) is 29.4 Å². The van der Waals surface area contributed by atoms with Crippen LogP contribution in [0.2, 0.25) is 5.02 Å². The summed E-state index contributed by atoms with van der Waals surface area (Å²) in [5.74, 6) is 1.17. The van der Waals surface area contributed by atoms with Crippen molar-refractivity contribution >= 4 is 35.0 Å². The van der Waals surface area contributed by atoms with Crippen molar-refractivity contribution < 1.29 is 4.79 Å². The smallest absolute Gasteiger partial charge is 0.250 e. The molecule has 5 heteroatoms. The van der Waals surface area contributed by atoms with E-state index in [0.717, 1.165) is 34.9 Å².